The van der Waals surface area contributed by atoms with Gasteiger partial charge in [0.2, 0.25) is 5.91 Å². The van der Waals surface area contributed by atoms with Crippen molar-refractivity contribution in [2.24, 2.45) is 0 Å². The van der Waals surface area contributed by atoms with Crippen LogP contribution in [0.1, 0.15) is 17.4 Å². The van der Waals surface area contributed by atoms with Gasteiger partial charge in [0.05, 0.1) is 6.61 Å². The Hall–Kier alpha value is -2.00. The smallest absolute Gasteiger partial charge is 0.323 e. The molecule has 0 bridgehead atoms. The van der Waals surface area contributed by atoms with E-state index in [1.165, 1.54) is 19.4 Å². The first kappa shape index (κ1) is 16.1. The molecule has 0 saturated carbocycles. The van der Waals surface area contributed by atoms with Crippen LogP contribution >= 0.6 is 11.3 Å². The molecule has 20 heavy (non-hydrogen) atoms. The number of amides is 2. The molecule has 2 N–H and O–H groups in total. The Labute approximate surface area is 119 Å². The number of thiazole rings is 1. The molecule has 0 unspecified atom stereocenters. The zero-order chi connectivity index (χ0) is 15.1. The average Bonchev–Trinajstić information content (AvgIpc) is 2.80. The molecular formula is C11H15N3O5S. The summed E-state index contributed by atoms with van der Waals surface area (Å²) in [5, 5.41) is 13.0. The van der Waals surface area contributed by atoms with E-state index in [1.54, 1.807) is 0 Å². The Balaban J connectivity index is 2.79. The van der Waals surface area contributed by atoms with Crippen LogP contribution in [0.25, 0.3) is 0 Å². The molecule has 0 atom stereocenters. The highest BCUT2D eigenvalue weighted by atomic mass is 32.1. The van der Waals surface area contributed by atoms with E-state index >= 15 is 0 Å². The molecule has 0 fully saturated rings. The van der Waals surface area contributed by atoms with E-state index in [0.717, 1.165) is 16.2 Å². The lowest BCUT2D eigenvalue weighted by Gasteiger charge is -2.18. The second-order valence-corrected chi connectivity index (χ2v) is 4.69. The lowest BCUT2D eigenvalue weighted by molar-refractivity contribution is -0.137. The summed E-state index contributed by atoms with van der Waals surface area (Å²) >= 11 is 1.10. The molecule has 0 aliphatic rings. The SMILES string of the molecule is COCCN(CC(=O)O)C(=O)c1csc(NC(C)=O)n1. The van der Waals surface area contributed by atoms with E-state index in [-0.39, 0.29) is 24.8 Å². The number of aromatic nitrogens is 1. The Kier molecular flexibility index (Phi) is 6.07. The van der Waals surface area contributed by atoms with Crippen LogP contribution < -0.4 is 5.32 Å². The lowest BCUT2D eigenvalue weighted by atomic mass is 10.3. The molecule has 1 heterocycles. The summed E-state index contributed by atoms with van der Waals surface area (Å²) < 4.78 is 4.84. The van der Waals surface area contributed by atoms with Gasteiger partial charge in [0.1, 0.15) is 12.2 Å². The van der Waals surface area contributed by atoms with Gasteiger partial charge in [0.25, 0.3) is 5.91 Å². The number of anilines is 1. The molecule has 0 spiro atoms. The van der Waals surface area contributed by atoms with Crippen molar-refractivity contribution in [3.8, 4) is 0 Å². The molecule has 1 aromatic heterocycles. The van der Waals surface area contributed by atoms with Crippen LogP contribution in [0.2, 0.25) is 0 Å². The van der Waals surface area contributed by atoms with Crippen LogP contribution in [0, 0.1) is 0 Å². The normalized spacial score (nSPS) is 10.1. The minimum absolute atomic E-state index is 0.0936. The van der Waals surface area contributed by atoms with Gasteiger partial charge in [-0.15, -0.1) is 11.3 Å². The van der Waals surface area contributed by atoms with Gasteiger partial charge < -0.3 is 20.1 Å². The first-order valence-electron chi connectivity index (χ1n) is 5.67. The van der Waals surface area contributed by atoms with Crippen LogP contribution in [0.3, 0.4) is 0 Å². The van der Waals surface area contributed by atoms with Crippen LogP contribution in [0.4, 0.5) is 5.13 Å². The summed E-state index contributed by atoms with van der Waals surface area (Å²) in [5.74, 6) is -1.93. The quantitative estimate of drug-likeness (QED) is 0.748. The third kappa shape index (κ3) is 4.94. The number of nitrogens with one attached hydrogen (secondary N) is 1. The number of hydrogen-bond donors (Lipinski definition) is 2. The van der Waals surface area contributed by atoms with E-state index in [1.807, 2.05) is 0 Å². The van der Waals surface area contributed by atoms with Crippen LogP contribution in [0.5, 0.6) is 0 Å². The fourth-order valence-corrected chi connectivity index (χ4v) is 2.09. The predicted molar refractivity (Wildman–Crippen MR) is 71.8 cm³/mol. The number of carbonyl (C=O) groups is 3. The number of methoxy groups -OCH3 is 1. The second-order valence-electron chi connectivity index (χ2n) is 3.83. The fraction of sp³-hybridized carbons (Fsp3) is 0.455. The molecule has 0 aromatic carbocycles. The zero-order valence-electron chi connectivity index (χ0n) is 11.1. The highest BCUT2D eigenvalue weighted by molar-refractivity contribution is 7.14. The molecule has 8 nitrogen and oxygen atoms in total. The van der Waals surface area contributed by atoms with Gasteiger partial charge in [-0.05, 0) is 0 Å². The summed E-state index contributed by atoms with van der Waals surface area (Å²) in [5.41, 5.74) is 0.0936. The maximum Gasteiger partial charge on any atom is 0.323 e. The molecule has 0 aliphatic heterocycles. The number of hydrogen-bond acceptors (Lipinski definition) is 6. The van der Waals surface area contributed by atoms with Crippen molar-refractivity contribution < 1.29 is 24.2 Å². The van der Waals surface area contributed by atoms with Crippen molar-refractivity contribution in [2.75, 3.05) is 32.1 Å². The van der Waals surface area contributed by atoms with Crippen molar-refractivity contribution in [1.82, 2.24) is 9.88 Å². The largest absolute Gasteiger partial charge is 0.480 e. The molecule has 110 valence electrons. The molecule has 1 aromatic rings. The van der Waals surface area contributed by atoms with Crippen molar-refractivity contribution in [3.05, 3.63) is 11.1 Å². The van der Waals surface area contributed by atoms with Crippen LogP contribution in [0.15, 0.2) is 5.38 Å². The van der Waals surface area contributed by atoms with E-state index < -0.39 is 18.4 Å². The number of carboxylic acids is 1. The number of aliphatic carboxylic acids is 1. The molecule has 0 saturated heterocycles. The second kappa shape index (κ2) is 7.56. The molecule has 0 aliphatic carbocycles. The Morgan fingerprint density at radius 3 is 2.75 bits per heavy atom. The molecule has 9 heteroatoms. The third-order valence-corrected chi connectivity index (χ3v) is 2.94. The Morgan fingerprint density at radius 2 is 2.20 bits per heavy atom. The van der Waals surface area contributed by atoms with Crippen molar-refractivity contribution >= 4 is 34.3 Å². The summed E-state index contributed by atoms with van der Waals surface area (Å²) in [6, 6.07) is 0. The lowest BCUT2D eigenvalue weighted by Crippen LogP contribution is -2.38. The van der Waals surface area contributed by atoms with Crippen LogP contribution in [-0.2, 0) is 14.3 Å². The first-order valence-corrected chi connectivity index (χ1v) is 6.55. The molecule has 0 radical (unpaired) electrons. The number of carbonyl (C=O) groups excluding carboxylic acids is 2. The number of ether oxygens (including phenoxy) is 1. The Morgan fingerprint density at radius 1 is 1.50 bits per heavy atom. The minimum Gasteiger partial charge on any atom is -0.480 e. The van der Waals surface area contributed by atoms with Gasteiger partial charge >= 0.3 is 5.97 Å². The Bertz CT molecular complexity index is 502. The van der Waals surface area contributed by atoms with Crippen LogP contribution in [-0.4, -0.2) is 59.6 Å². The summed E-state index contributed by atoms with van der Waals surface area (Å²) in [4.78, 5) is 38.8. The molecule has 2 amide bonds. The number of rotatable bonds is 7. The fourth-order valence-electron chi connectivity index (χ4n) is 1.36. The van der Waals surface area contributed by atoms with E-state index in [2.05, 4.69) is 10.3 Å². The first-order chi connectivity index (χ1) is 9.43. The van der Waals surface area contributed by atoms with Crippen molar-refractivity contribution in [2.45, 2.75) is 6.92 Å². The van der Waals surface area contributed by atoms with E-state index in [0.29, 0.717) is 5.13 Å². The van der Waals surface area contributed by atoms with Gasteiger partial charge in [0.15, 0.2) is 5.13 Å². The summed E-state index contributed by atoms with van der Waals surface area (Å²) in [6.45, 7) is 1.27. The van der Waals surface area contributed by atoms with Gasteiger partial charge in [-0.1, -0.05) is 0 Å². The molecular weight excluding hydrogens is 286 g/mol. The van der Waals surface area contributed by atoms with Gasteiger partial charge in [-0.25, -0.2) is 4.98 Å². The maximum atomic E-state index is 12.1. The zero-order valence-corrected chi connectivity index (χ0v) is 11.9. The highest BCUT2D eigenvalue weighted by Gasteiger charge is 2.21. The highest BCUT2D eigenvalue weighted by Crippen LogP contribution is 2.16. The van der Waals surface area contributed by atoms with E-state index in [9.17, 15) is 14.4 Å². The number of nitrogens with zero attached hydrogens (tertiary/aromatic N) is 2. The standard InChI is InChI=1S/C11H15N3O5S/c1-7(15)12-11-13-8(6-20-11)10(18)14(3-4-19-2)5-9(16)17/h6H,3-5H2,1-2H3,(H,16,17)(H,12,13,15). The predicted octanol–water partition coefficient (Wildman–Crippen LogP) is 0.275. The van der Waals surface area contributed by atoms with Gasteiger partial charge in [0, 0.05) is 26.0 Å². The summed E-state index contributed by atoms with van der Waals surface area (Å²) in [7, 11) is 1.46. The maximum absolute atomic E-state index is 12.1. The topological polar surface area (TPSA) is 109 Å². The summed E-state index contributed by atoms with van der Waals surface area (Å²) in [6.07, 6.45) is 0. The molecule has 1 rings (SSSR count). The average molecular weight is 301 g/mol. The minimum atomic E-state index is -1.12. The van der Waals surface area contributed by atoms with E-state index in [4.69, 9.17) is 9.84 Å². The monoisotopic (exact) mass is 301 g/mol. The van der Waals surface area contributed by atoms with Gasteiger partial charge in [-0.2, -0.15) is 0 Å². The van der Waals surface area contributed by atoms with Crippen molar-refractivity contribution in [3.63, 3.8) is 0 Å². The van der Waals surface area contributed by atoms with Crippen molar-refractivity contribution in [1.29, 1.82) is 0 Å². The van der Waals surface area contributed by atoms with Gasteiger partial charge in [-0.3, -0.25) is 14.4 Å². The number of carboxylic acid groups (broad SMARTS) is 1. The third-order valence-electron chi connectivity index (χ3n) is 2.18.